The molecule has 2 fully saturated rings. The first-order valence-electron chi connectivity index (χ1n) is 7.23. The topological polar surface area (TPSA) is 73.6 Å². The van der Waals surface area contributed by atoms with Crippen LogP contribution in [0.1, 0.15) is 25.7 Å². The zero-order chi connectivity index (χ0) is 14.4. The van der Waals surface area contributed by atoms with E-state index in [4.69, 9.17) is 10.1 Å². The number of hydrogen-bond donors (Lipinski definition) is 2. The van der Waals surface area contributed by atoms with Crippen molar-refractivity contribution in [2.75, 3.05) is 19.7 Å². The van der Waals surface area contributed by atoms with Gasteiger partial charge in [-0.2, -0.15) is 0 Å². The molecule has 2 aliphatic rings. The van der Waals surface area contributed by atoms with Crippen LogP contribution >= 0.6 is 0 Å². The number of nitrogens with zero attached hydrogens (tertiary/aromatic N) is 1. The molecule has 2 saturated heterocycles. The second-order valence-corrected chi connectivity index (χ2v) is 5.42. The van der Waals surface area contributed by atoms with E-state index in [1.807, 2.05) is 0 Å². The van der Waals surface area contributed by atoms with Crippen molar-refractivity contribution < 1.29 is 14.6 Å². The largest absolute Gasteiger partial charge is 0.462 e. The molecule has 0 aromatic carbocycles. The molecule has 0 aromatic rings. The first kappa shape index (κ1) is 15.0. The molecule has 110 valence electrons. The van der Waals surface area contributed by atoms with Gasteiger partial charge in [-0.25, -0.2) is 4.79 Å². The zero-order valence-electron chi connectivity index (χ0n) is 11.6. The highest BCUT2D eigenvalue weighted by molar-refractivity contribution is 5.82. The van der Waals surface area contributed by atoms with Gasteiger partial charge in [0.1, 0.15) is 0 Å². The van der Waals surface area contributed by atoms with Crippen LogP contribution in [0, 0.1) is 11.3 Å². The molecule has 3 atom stereocenters. The summed E-state index contributed by atoms with van der Waals surface area (Å²) < 4.78 is 5.23. The van der Waals surface area contributed by atoms with Gasteiger partial charge >= 0.3 is 5.97 Å². The minimum absolute atomic E-state index is 0.0136. The molecule has 0 unspecified atom stereocenters. The molecule has 0 saturated carbocycles. The average molecular weight is 278 g/mol. The molecular formula is C15H22N2O3. The summed E-state index contributed by atoms with van der Waals surface area (Å²) in [5, 5.41) is 16.8. The number of carbonyl (C=O) groups excluding carboxylic acids is 1. The van der Waals surface area contributed by atoms with Crippen LogP contribution < -0.4 is 0 Å². The fraction of sp³-hybridized carbons (Fsp3) is 0.667. The molecule has 2 heterocycles. The highest BCUT2D eigenvalue weighted by Gasteiger charge is 2.38. The quantitative estimate of drug-likeness (QED) is 0.350. The summed E-state index contributed by atoms with van der Waals surface area (Å²) in [4.78, 5) is 13.9. The normalized spacial score (nSPS) is 30.6. The number of carbonyl (C=O) groups is 1. The minimum atomic E-state index is -0.434. The van der Waals surface area contributed by atoms with E-state index in [0.29, 0.717) is 6.04 Å². The predicted molar refractivity (Wildman–Crippen MR) is 75.7 cm³/mol. The van der Waals surface area contributed by atoms with Gasteiger partial charge in [0.05, 0.1) is 12.7 Å². The summed E-state index contributed by atoms with van der Waals surface area (Å²) in [5.74, 6) is 1.64. The van der Waals surface area contributed by atoms with Crippen LogP contribution in [0.5, 0.6) is 0 Å². The molecule has 0 amide bonds. The number of aliphatic hydroxyl groups excluding tert-OH is 1. The number of aliphatic hydroxyl groups is 1. The fourth-order valence-electron chi connectivity index (χ4n) is 3.17. The van der Waals surface area contributed by atoms with Gasteiger partial charge in [-0.05, 0) is 43.8 Å². The van der Waals surface area contributed by atoms with Crippen LogP contribution in [-0.2, 0) is 9.53 Å². The summed E-state index contributed by atoms with van der Waals surface area (Å²) in [5.41, 5.74) is 0. The Labute approximate surface area is 119 Å². The van der Waals surface area contributed by atoms with E-state index in [1.165, 1.54) is 31.1 Å². The molecule has 0 aromatic heterocycles. The van der Waals surface area contributed by atoms with Gasteiger partial charge in [-0.3, -0.25) is 10.3 Å². The summed E-state index contributed by atoms with van der Waals surface area (Å²) in [7, 11) is 0. The van der Waals surface area contributed by atoms with Gasteiger partial charge in [0, 0.05) is 24.6 Å². The van der Waals surface area contributed by atoms with E-state index in [2.05, 4.69) is 10.8 Å². The van der Waals surface area contributed by atoms with Gasteiger partial charge in [0.15, 0.2) is 0 Å². The maximum Gasteiger partial charge on any atom is 0.330 e. The summed E-state index contributed by atoms with van der Waals surface area (Å²) >= 11 is 0. The first-order chi connectivity index (χ1) is 9.72. The molecule has 0 bridgehead atoms. The van der Waals surface area contributed by atoms with Crippen molar-refractivity contribution in [3.8, 4) is 0 Å². The Morgan fingerprint density at radius 3 is 3.05 bits per heavy atom. The predicted octanol–water partition coefficient (Wildman–Crippen LogP) is 1.13. The fourth-order valence-corrected chi connectivity index (χ4v) is 3.17. The smallest absolute Gasteiger partial charge is 0.330 e. The number of allylic oxidation sites excluding steroid dienone is 2. The third-order valence-corrected chi connectivity index (χ3v) is 4.19. The number of rotatable bonds is 4. The van der Waals surface area contributed by atoms with Crippen molar-refractivity contribution in [3.63, 3.8) is 0 Å². The maximum absolute atomic E-state index is 11.5. The van der Waals surface area contributed by atoms with Crippen LogP contribution in [0.4, 0.5) is 0 Å². The molecule has 0 spiro atoms. The van der Waals surface area contributed by atoms with Crippen LogP contribution in [0.2, 0.25) is 0 Å². The van der Waals surface area contributed by atoms with Crippen LogP contribution in [-0.4, -0.2) is 53.7 Å². The third-order valence-electron chi connectivity index (χ3n) is 4.19. The highest BCUT2D eigenvalue weighted by atomic mass is 16.5. The van der Waals surface area contributed by atoms with E-state index < -0.39 is 5.97 Å². The molecule has 2 N–H and O–H groups in total. The lowest BCUT2D eigenvalue weighted by atomic mass is 9.82. The average Bonchev–Trinajstić information content (AvgIpc) is 2.46. The van der Waals surface area contributed by atoms with E-state index in [9.17, 15) is 9.90 Å². The zero-order valence-corrected chi connectivity index (χ0v) is 11.6. The number of hydrogen-bond acceptors (Lipinski definition) is 5. The number of nitrogens with one attached hydrogen (secondary N) is 1. The van der Waals surface area contributed by atoms with Crippen molar-refractivity contribution in [1.82, 2.24) is 4.90 Å². The molecule has 20 heavy (non-hydrogen) atoms. The second-order valence-electron chi connectivity index (χ2n) is 5.42. The van der Waals surface area contributed by atoms with Crippen molar-refractivity contribution in [3.05, 3.63) is 18.2 Å². The van der Waals surface area contributed by atoms with Gasteiger partial charge in [0.25, 0.3) is 0 Å². The van der Waals surface area contributed by atoms with Gasteiger partial charge in [0.2, 0.25) is 0 Å². The monoisotopic (exact) mass is 278 g/mol. The molecule has 5 heteroatoms. The SMILES string of the molecule is N=C=C/C=C/C(=O)OC[C@@H]1[C@H]2CCCCN2CC[C@@H]1O. The Balaban J connectivity index is 1.88. The van der Waals surface area contributed by atoms with Crippen LogP contribution in [0.3, 0.4) is 0 Å². The molecule has 2 rings (SSSR count). The second kappa shape index (κ2) is 7.39. The standard InChI is InChI=1S/C15H22N2O3/c16-8-3-1-6-15(19)20-11-12-13-5-2-4-9-17(13)10-7-14(12)18/h1,3,6,12-14,16,18H,2,4-5,7,9-11H2/b6-1+/t12-,13-,14+/m1/s1. The van der Waals surface area contributed by atoms with E-state index in [0.717, 1.165) is 25.9 Å². The number of esters is 1. The Morgan fingerprint density at radius 2 is 2.25 bits per heavy atom. The Morgan fingerprint density at radius 1 is 1.40 bits per heavy atom. The number of piperidine rings is 2. The Bertz CT molecular complexity index is 415. The molecule has 2 aliphatic heterocycles. The lowest BCUT2D eigenvalue weighted by Crippen LogP contribution is -2.54. The molecular weight excluding hydrogens is 256 g/mol. The van der Waals surface area contributed by atoms with E-state index >= 15 is 0 Å². The van der Waals surface area contributed by atoms with E-state index in [-0.39, 0.29) is 18.6 Å². The lowest BCUT2D eigenvalue weighted by Gasteiger charge is -2.46. The summed E-state index contributed by atoms with van der Waals surface area (Å²) in [6.45, 7) is 2.30. The number of fused-ring (bicyclic) bond motifs is 1. The van der Waals surface area contributed by atoms with Gasteiger partial charge in [-0.1, -0.05) is 6.42 Å². The van der Waals surface area contributed by atoms with E-state index in [1.54, 1.807) is 0 Å². The van der Waals surface area contributed by atoms with Crippen LogP contribution in [0.25, 0.3) is 0 Å². The third kappa shape index (κ3) is 3.79. The molecule has 5 nitrogen and oxygen atoms in total. The molecule has 0 aliphatic carbocycles. The Kier molecular flexibility index (Phi) is 5.53. The summed E-state index contributed by atoms with van der Waals surface area (Å²) in [6, 6.07) is 0.339. The van der Waals surface area contributed by atoms with Crippen molar-refractivity contribution in [2.45, 2.75) is 37.8 Å². The maximum atomic E-state index is 11.5. The van der Waals surface area contributed by atoms with Crippen molar-refractivity contribution in [2.24, 2.45) is 5.92 Å². The highest BCUT2D eigenvalue weighted by Crippen LogP contribution is 2.31. The van der Waals surface area contributed by atoms with Crippen LogP contribution in [0.15, 0.2) is 18.2 Å². The van der Waals surface area contributed by atoms with Crippen molar-refractivity contribution >= 4 is 11.8 Å². The first-order valence-corrected chi connectivity index (χ1v) is 7.23. The van der Waals surface area contributed by atoms with Gasteiger partial charge in [-0.15, -0.1) is 0 Å². The molecule has 0 radical (unpaired) electrons. The van der Waals surface area contributed by atoms with Gasteiger partial charge < -0.3 is 9.84 Å². The minimum Gasteiger partial charge on any atom is -0.462 e. The van der Waals surface area contributed by atoms with Crippen molar-refractivity contribution in [1.29, 1.82) is 5.41 Å². The number of ether oxygens (including phenoxy) is 1. The summed E-state index contributed by atoms with van der Waals surface area (Å²) in [6.07, 6.45) is 7.89. The Hall–Kier alpha value is -1.42. The lowest BCUT2D eigenvalue weighted by molar-refractivity contribution is -0.143.